The first-order chi connectivity index (χ1) is 12.7. The van der Waals surface area contributed by atoms with Crippen LogP contribution in [0.2, 0.25) is 0 Å². The molecule has 0 saturated carbocycles. The van der Waals surface area contributed by atoms with Gasteiger partial charge in [-0.1, -0.05) is 54.6 Å². The van der Waals surface area contributed by atoms with Gasteiger partial charge in [0, 0.05) is 12.7 Å². The van der Waals surface area contributed by atoms with E-state index in [0.717, 1.165) is 34.6 Å². The molecule has 0 fully saturated rings. The van der Waals surface area contributed by atoms with E-state index in [-0.39, 0.29) is 5.82 Å². The third-order valence-electron chi connectivity index (χ3n) is 4.49. The largest absolute Gasteiger partial charge is 0.380 e. The van der Waals surface area contributed by atoms with Crippen molar-refractivity contribution in [2.24, 2.45) is 0 Å². The van der Waals surface area contributed by atoms with Crippen LogP contribution in [0.25, 0.3) is 22.3 Å². The van der Waals surface area contributed by atoms with Gasteiger partial charge in [0.05, 0.1) is 6.61 Å². The van der Waals surface area contributed by atoms with Gasteiger partial charge in [-0.3, -0.25) is 0 Å². The monoisotopic (exact) mass is 384 g/mol. The van der Waals surface area contributed by atoms with Crippen LogP contribution < -0.4 is 0 Å². The predicted molar refractivity (Wildman–Crippen MR) is 115 cm³/mol. The van der Waals surface area contributed by atoms with Crippen LogP contribution in [-0.2, 0) is 23.7 Å². The summed E-state index contributed by atoms with van der Waals surface area (Å²) in [4.78, 5) is 0. The van der Waals surface area contributed by atoms with Crippen molar-refractivity contribution in [1.29, 1.82) is 0 Å². The van der Waals surface area contributed by atoms with Crippen LogP contribution in [0.5, 0.6) is 0 Å². The molecule has 0 bridgehead atoms. The summed E-state index contributed by atoms with van der Waals surface area (Å²) in [5, 5.41) is 0. The van der Waals surface area contributed by atoms with Gasteiger partial charge in [-0.25, -0.2) is 4.39 Å². The van der Waals surface area contributed by atoms with E-state index in [1.165, 1.54) is 11.1 Å². The Morgan fingerprint density at radius 1 is 0.769 bits per heavy atom. The molecule has 0 aliphatic carbocycles. The minimum Gasteiger partial charge on any atom is -0.380 e. The molecule has 2 unspecified atom stereocenters. The fourth-order valence-corrected chi connectivity index (χ4v) is 3.58. The maximum atomic E-state index is 14.9. The highest BCUT2D eigenvalue weighted by molar-refractivity contribution is 7.15. The molecule has 0 heterocycles. The van der Waals surface area contributed by atoms with E-state index in [4.69, 9.17) is 4.74 Å². The molecule has 0 radical (unpaired) electrons. The molecule has 0 aromatic heterocycles. The zero-order valence-electron chi connectivity index (χ0n) is 14.8. The number of hydrogen-bond donors (Lipinski definition) is 0. The molecule has 3 aromatic carbocycles. The first-order valence-electron chi connectivity index (χ1n) is 8.56. The Bertz CT molecular complexity index is 891. The SMILES string of the molecule is COCc1cc(CP)ccc1-c1ccc(-c2ccc(CP)cc2)cc1F. The topological polar surface area (TPSA) is 9.23 Å². The predicted octanol–water partition coefficient (Wildman–Crippen LogP) is 6.06. The summed E-state index contributed by atoms with van der Waals surface area (Å²) < 4.78 is 20.2. The molecule has 0 N–H and O–H groups in total. The standard InChI is InChI=1S/C22H23FOP2/c1-24-12-19-10-16(14-26)4-8-20(19)21-9-7-18(11-22(21)23)17-5-2-15(13-25)3-6-17/h2-11H,12-14,25-26H2,1H3. The zero-order valence-corrected chi connectivity index (χ0v) is 17.1. The molecule has 0 aliphatic heterocycles. The molecule has 4 heteroatoms. The lowest BCUT2D eigenvalue weighted by Crippen LogP contribution is -1.96. The number of halogens is 1. The van der Waals surface area contributed by atoms with Crippen LogP contribution >= 0.6 is 18.5 Å². The molecule has 3 rings (SSSR count). The summed E-state index contributed by atoms with van der Waals surface area (Å²) in [5.41, 5.74) is 6.84. The van der Waals surface area contributed by atoms with Gasteiger partial charge < -0.3 is 4.74 Å². The van der Waals surface area contributed by atoms with Crippen molar-refractivity contribution in [1.82, 2.24) is 0 Å². The summed E-state index contributed by atoms with van der Waals surface area (Å²) >= 11 is 0. The second-order valence-electron chi connectivity index (χ2n) is 6.22. The smallest absolute Gasteiger partial charge is 0.131 e. The van der Waals surface area contributed by atoms with Gasteiger partial charge in [-0.2, -0.15) is 0 Å². The van der Waals surface area contributed by atoms with Gasteiger partial charge in [0.15, 0.2) is 0 Å². The molecule has 3 aromatic rings. The van der Waals surface area contributed by atoms with Crippen LogP contribution in [0.15, 0.2) is 60.7 Å². The highest BCUT2D eigenvalue weighted by Gasteiger charge is 2.12. The van der Waals surface area contributed by atoms with E-state index in [9.17, 15) is 4.39 Å². The van der Waals surface area contributed by atoms with Crippen molar-refractivity contribution in [3.8, 4) is 22.3 Å². The number of rotatable bonds is 6. The van der Waals surface area contributed by atoms with Crippen molar-refractivity contribution >= 4 is 18.5 Å². The van der Waals surface area contributed by atoms with E-state index in [0.29, 0.717) is 12.2 Å². The zero-order chi connectivity index (χ0) is 18.5. The average molecular weight is 384 g/mol. The minimum absolute atomic E-state index is 0.214. The van der Waals surface area contributed by atoms with E-state index in [1.54, 1.807) is 13.2 Å². The van der Waals surface area contributed by atoms with E-state index in [2.05, 4.69) is 36.7 Å². The normalized spacial score (nSPS) is 10.9. The highest BCUT2D eigenvalue weighted by Crippen LogP contribution is 2.31. The van der Waals surface area contributed by atoms with Crippen molar-refractivity contribution in [2.45, 2.75) is 18.9 Å². The second-order valence-corrected chi connectivity index (χ2v) is 7.04. The van der Waals surface area contributed by atoms with Crippen LogP contribution in [-0.4, -0.2) is 7.11 Å². The Labute approximate surface area is 159 Å². The van der Waals surface area contributed by atoms with E-state index in [1.807, 2.05) is 36.4 Å². The quantitative estimate of drug-likeness (QED) is 0.470. The van der Waals surface area contributed by atoms with Gasteiger partial charge >= 0.3 is 0 Å². The molecule has 0 saturated heterocycles. The van der Waals surface area contributed by atoms with Gasteiger partial charge in [-0.05, 0) is 51.8 Å². The molecule has 26 heavy (non-hydrogen) atoms. The fraction of sp³-hybridized carbons (Fsp3) is 0.182. The van der Waals surface area contributed by atoms with Crippen molar-refractivity contribution in [3.05, 3.63) is 83.2 Å². The lowest BCUT2D eigenvalue weighted by molar-refractivity contribution is 0.185. The molecule has 134 valence electrons. The minimum atomic E-state index is -0.214. The summed E-state index contributed by atoms with van der Waals surface area (Å²) in [7, 11) is 7.09. The molecular weight excluding hydrogens is 361 g/mol. The van der Waals surface area contributed by atoms with Crippen molar-refractivity contribution in [2.75, 3.05) is 7.11 Å². The molecule has 0 amide bonds. The first kappa shape index (κ1) is 19.2. The first-order valence-corrected chi connectivity index (χ1v) is 10.2. The van der Waals surface area contributed by atoms with E-state index < -0.39 is 0 Å². The Hall–Kier alpha value is -1.59. The molecule has 2 atom stereocenters. The molecular formula is C22H23FOP2. The third kappa shape index (κ3) is 4.21. The number of methoxy groups -OCH3 is 1. The van der Waals surface area contributed by atoms with E-state index >= 15 is 0 Å². The van der Waals surface area contributed by atoms with Crippen LogP contribution in [0, 0.1) is 5.82 Å². The lowest BCUT2D eigenvalue weighted by atomic mass is 9.95. The number of benzene rings is 3. The molecule has 0 spiro atoms. The van der Waals surface area contributed by atoms with Crippen LogP contribution in [0.3, 0.4) is 0 Å². The Morgan fingerprint density at radius 3 is 2.00 bits per heavy atom. The number of hydrogen-bond acceptors (Lipinski definition) is 1. The fourth-order valence-electron chi connectivity index (χ4n) is 3.06. The van der Waals surface area contributed by atoms with Crippen molar-refractivity contribution < 1.29 is 9.13 Å². The van der Waals surface area contributed by atoms with Gasteiger partial charge in [-0.15, -0.1) is 18.5 Å². The third-order valence-corrected chi connectivity index (χ3v) is 5.43. The van der Waals surface area contributed by atoms with Gasteiger partial charge in [0.2, 0.25) is 0 Å². The molecule has 0 aliphatic rings. The Balaban J connectivity index is 1.99. The molecule has 1 nitrogen and oxygen atoms in total. The second kappa shape index (κ2) is 8.87. The van der Waals surface area contributed by atoms with Gasteiger partial charge in [0.25, 0.3) is 0 Å². The van der Waals surface area contributed by atoms with Crippen LogP contribution in [0.4, 0.5) is 4.39 Å². The average Bonchev–Trinajstić information content (AvgIpc) is 2.68. The number of ether oxygens (including phenoxy) is 1. The lowest BCUT2D eigenvalue weighted by Gasteiger charge is -2.13. The summed E-state index contributed by atoms with van der Waals surface area (Å²) in [6.07, 6.45) is 1.78. The summed E-state index contributed by atoms with van der Waals surface area (Å²) in [6, 6.07) is 19.8. The highest BCUT2D eigenvalue weighted by atomic mass is 31.0. The maximum absolute atomic E-state index is 14.9. The maximum Gasteiger partial charge on any atom is 0.131 e. The summed E-state index contributed by atoms with van der Waals surface area (Å²) in [5.74, 6) is -0.214. The van der Waals surface area contributed by atoms with Crippen LogP contribution in [0.1, 0.15) is 16.7 Å². The van der Waals surface area contributed by atoms with Gasteiger partial charge in [0.1, 0.15) is 5.82 Å². The van der Waals surface area contributed by atoms with Crippen molar-refractivity contribution in [3.63, 3.8) is 0 Å². The summed E-state index contributed by atoms with van der Waals surface area (Å²) in [6.45, 7) is 0.464. The Morgan fingerprint density at radius 2 is 1.38 bits per heavy atom. The Kier molecular flexibility index (Phi) is 6.54.